The summed E-state index contributed by atoms with van der Waals surface area (Å²) in [6, 6.07) is 13.5. The van der Waals surface area contributed by atoms with Crippen LogP contribution < -0.4 is 35.0 Å². The molecule has 0 bridgehead atoms. The van der Waals surface area contributed by atoms with Gasteiger partial charge in [-0.25, -0.2) is 14.0 Å². The van der Waals surface area contributed by atoms with Crippen molar-refractivity contribution in [3.8, 4) is 23.0 Å². The third-order valence-corrected chi connectivity index (χ3v) is 7.51. The number of carbonyl (C=O) groups excluding carboxylic acids is 2. The van der Waals surface area contributed by atoms with E-state index in [2.05, 4.69) is 43.8 Å². The summed E-state index contributed by atoms with van der Waals surface area (Å²) in [6.45, 7) is 5.99. The molecule has 0 spiro atoms. The molecule has 12 nitrogen and oxygen atoms in total. The van der Waals surface area contributed by atoms with Gasteiger partial charge < -0.3 is 39.4 Å². The Morgan fingerprint density at radius 1 is 1.06 bits per heavy atom. The van der Waals surface area contributed by atoms with Gasteiger partial charge in [-0.15, -0.1) is 0 Å². The Morgan fingerprint density at radius 3 is 2.55 bits per heavy atom. The number of esters is 1. The fraction of sp³-hybridized carbons (Fsp3) is 0.303. The minimum Gasteiger partial charge on any atom is -0.490 e. The van der Waals surface area contributed by atoms with E-state index in [0.717, 1.165) is 3.57 Å². The zero-order valence-corrected chi connectivity index (χ0v) is 28.4. The van der Waals surface area contributed by atoms with Gasteiger partial charge in [-0.2, -0.15) is 5.10 Å². The number of carbonyl (C=O) groups is 2. The van der Waals surface area contributed by atoms with Crippen molar-refractivity contribution in [2.45, 2.75) is 39.6 Å². The second kappa shape index (κ2) is 16.8. The number of rotatable bonds is 15. The van der Waals surface area contributed by atoms with E-state index in [9.17, 15) is 19.1 Å². The predicted molar refractivity (Wildman–Crippen MR) is 180 cm³/mol. The number of aliphatic hydroxyl groups excluding tert-OH is 1. The van der Waals surface area contributed by atoms with Crippen molar-refractivity contribution < 1.29 is 42.8 Å². The van der Waals surface area contributed by atoms with Gasteiger partial charge in [-0.3, -0.25) is 5.43 Å². The molecule has 2 amide bonds. The first-order chi connectivity index (χ1) is 22.6. The molecule has 0 aliphatic carbocycles. The van der Waals surface area contributed by atoms with Gasteiger partial charge in [-0.1, -0.05) is 18.2 Å². The fourth-order valence-electron chi connectivity index (χ4n) is 4.67. The van der Waals surface area contributed by atoms with Crippen LogP contribution in [-0.2, 0) is 16.1 Å². The summed E-state index contributed by atoms with van der Waals surface area (Å²) in [6.07, 6.45) is 0.340. The first-order valence-corrected chi connectivity index (χ1v) is 15.8. The number of halogens is 2. The number of ether oxygens (including phenoxy) is 5. The lowest BCUT2D eigenvalue weighted by Gasteiger charge is -2.28. The van der Waals surface area contributed by atoms with E-state index in [4.69, 9.17) is 23.7 Å². The summed E-state index contributed by atoms with van der Waals surface area (Å²) in [7, 11) is 1.27. The van der Waals surface area contributed by atoms with E-state index in [1.54, 1.807) is 50.2 Å². The lowest BCUT2D eigenvalue weighted by Crippen LogP contribution is -2.45. The molecule has 1 heterocycles. The van der Waals surface area contributed by atoms with Crippen LogP contribution in [0.5, 0.6) is 23.0 Å². The van der Waals surface area contributed by atoms with Crippen molar-refractivity contribution in [1.82, 2.24) is 16.1 Å². The molecule has 250 valence electrons. The largest absolute Gasteiger partial charge is 0.490 e. The highest BCUT2D eigenvalue weighted by atomic mass is 127. The van der Waals surface area contributed by atoms with E-state index < -0.39 is 24.3 Å². The number of hydrogen-bond donors (Lipinski definition) is 4. The Bertz CT molecular complexity index is 1650. The van der Waals surface area contributed by atoms with E-state index in [1.807, 2.05) is 13.0 Å². The van der Waals surface area contributed by atoms with E-state index in [1.165, 1.54) is 25.5 Å². The Labute approximate surface area is 285 Å². The summed E-state index contributed by atoms with van der Waals surface area (Å²) in [5, 5.41) is 20.0. The molecule has 3 aromatic carbocycles. The lowest BCUT2D eigenvalue weighted by molar-refractivity contribution is -0.136. The maximum atomic E-state index is 13.6. The highest BCUT2D eigenvalue weighted by Crippen LogP contribution is 2.36. The van der Waals surface area contributed by atoms with Gasteiger partial charge in [0, 0.05) is 5.70 Å². The average Bonchev–Trinajstić information content (AvgIpc) is 3.03. The van der Waals surface area contributed by atoms with Crippen LogP contribution >= 0.6 is 22.6 Å². The van der Waals surface area contributed by atoms with Crippen molar-refractivity contribution in [3.05, 3.63) is 91.9 Å². The first-order valence-electron chi connectivity index (χ1n) is 14.7. The van der Waals surface area contributed by atoms with Crippen LogP contribution in [-0.4, -0.2) is 56.5 Å². The molecule has 2 atom stereocenters. The van der Waals surface area contributed by atoms with Crippen LogP contribution in [0.1, 0.15) is 43.5 Å². The summed E-state index contributed by atoms with van der Waals surface area (Å²) in [5.41, 5.74) is 5.22. The fourth-order valence-corrected chi connectivity index (χ4v) is 5.45. The first kappa shape index (κ1) is 35.3. The topological polar surface area (TPSA) is 149 Å². The second-order valence-electron chi connectivity index (χ2n) is 10.1. The number of benzene rings is 3. The van der Waals surface area contributed by atoms with Crippen LogP contribution in [0.4, 0.5) is 9.18 Å². The Kier molecular flexibility index (Phi) is 12.6. The number of nitrogens with zero attached hydrogens (tertiary/aromatic N) is 1. The van der Waals surface area contributed by atoms with E-state index in [-0.39, 0.29) is 24.6 Å². The summed E-state index contributed by atoms with van der Waals surface area (Å²) in [5.74, 6) is 0.807. The SMILES string of the molecule is CCOc1cc([C@@H]2NC(=O)NC(C)=C2C(=O)OC)ccc1OC[C@@H](O)N/N=C\c1cc(I)c(OCc2cccc(F)c2)c(OCC)c1. The molecular weight excluding hydrogens is 726 g/mol. The summed E-state index contributed by atoms with van der Waals surface area (Å²) in [4.78, 5) is 24.6. The third kappa shape index (κ3) is 9.48. The van der Waals surface area contributed by atoms with Crippen molar-refractivity contribution >= 4 is 40.8 Å². The number of urea groups is 1. The van der Waals surface area contributed by atoms with Crippen molar-refractivity contribution in [2.75, 3.05) is 26.9 Å². The quantitative estimate of drug-likeness (QED) is 0.0557. The van der Waals surface area contributed by atoms with Gasteiger partial charge in [0.05, 0.1) is 41.7 Å². The molecule has 0 radical (unpaired) electrons. The minimum absolute atomic E-state index is 0.169. The zero-order chi connectivity index (χ0) is 33.9. The molecule has 0 fully saturated rings. The number of allylic oxidation sites excluding steroid dienone is 1. The minimum atomic E-state index is -1.18. The van der Waals surface area contributed by atoms with Crippen LogP contribution in [0, 0.1) is 9.39 Å². The van der Waals surface area contributed by atoms with Gasteiger partial charge in [0.25, 0.3) is 0 Å². The highest BCUT2D eigenvalue weighted by Gasteiger charge is 2.32. The molecule has 0 saturated heterocycles. The molecule has 1 aliphatic heterocycles. The van der Waals surface area contributed by atoms with Crippen LogP contribution in [0.25, 0.3) is 0 Å². The number of methoxy groups -OCH3 is 1. The van der Waals surface area contributed by atoms with Crippen molar-refractivity contribution in [1.29, 1.82) is 0 Å². The predicted octanol–water partition coefficient (Wildman–Crippen LogP) is 4.93. The molecule has 4 rings (SSSR count). The normalized spacial score (nSPS) is 15.0. The van der Waals surface area contributed by atoms with Gasteiger partial charge in [0.15, 0.2) is 29.2 Å². The molecular formula is C33H36FIN4O8. The van der Waals surface area contributed by atoms with Gasteiger partial charge >= 0.3 is 12.0 Å². The van der Waals surface area contributed by atoms with Gasteiger partial charge in [0.1, 0.15) is 19.0 Å². The van der Waals surface area contributed by atoms with Crippen molar-refractivity contribution in [2.24, 2.45) is 5.10 Å². The molecule has 47 heavy (non-hydrogen) atoms. The van der Waals surface area contributed by atoms with Crippen LogP contribution in [0.3, 0.4) is 0 Å². The van der Waals surface area contributed by atoms with Gasteiger partial charge in [-0.05, 0) is 96.5 Å². The molecule has 3 aromatic rings. The number of nitrogens with one attached hydrogen (secondary N) is 3. The zero-order valence-electron chi connectivity index (χ0n) is 26.3. The molecule has 4 N–H and O–H groups in total. The maximum absolute atomic E-state index is 13.6. The Morgan fingerprint density at radius 2 is 1.83 bits per heavy atom. The number of hydrazone groups is 1. The third-order valence-electron chi connectivity index (χ3n) is 6.71. The van der Waals surface area contributed by atoms with Gasteiger partial charge in [0.2, 0.25) is 0 Å². The molecule has 1 aliphatic rings. The van der Waals surface area contributed by atoms with Crippen molar-refractivity contribution in [3.63, 3.8) is 0 Å². The Hall–Kier alpha value is -4.57. The highest BCUT2D eigenvalue weighted by molar-refractivity contribution is 14.1. The van der Waals surface area contributed by atoms with E-state index >= 15 is 0 Å². The molecule has 0 aromatic heterocycles. The molecule has 14 heteroatoms. The number of amides is 2. The second-order valence-corrected chi connectivity index (χ2v) is 11.3. The van der Waals surface area contributed by atoms with Crippen LogP contribution in [0.2, 0.25) is 0 Å². The summed E-state index contributed by atoms with van der Waals surface area (Å²) < 4.78 is 42.6. The van der Waals surface area contributed by atoms with E-state index in [0.29, 0.717) is 58.6 Å². The summed E-state index contributed by atoms with van der Waals surface area (Å²) >= 11 is 2.13. The average molecular weight is 763 g/mol. The smallest absolute Gasteiger partial charge is 0.337 e. The molecule has 0 unspecified atom stereocenters. The molecule has 0 saturated carbocycles. The maximum Gasteiger partial charge on any atom is 0.337 e. The number of aliphatic hydroxyl groups is 1. The number of hydrogen-bond acceptors (Lipinski definition) is 10. The van der Waals surface area contributed by atoms with Crippen LogP contribution in [0.15, 0.2) is 71.0 Å². The standard InChI is InChI=1S/C33H36FIN4O8/c1-5-44-26-15-22(30-29(32(41)43-4)19(3)37-33(42)38-30)10-11-25(26)46-18-28(40)39-36-16-21-13-24(35)31(27(14-21)45-6-2)47-17-20-8-7-9-23(34)12-20/h7-16,28,30,39-40H,5-6,17-18H2,1-4H3,(H2,37,38,42)/b36-16-/t28-,30+/m1/s1. The Balaban J connectivity index is 1.40. The lowest BCUT2D eigenvalue weighted by atomic mass is 9.95. The monoisotopic (exact) mass is 762 g/mol.